The van der Waals surface area contributed by atoms with Crippen LogP contribution in [0.3, 0.4) is 0 Å². The quantitative estimate of drug-likeness (QED) is 0.889. The summed E-state index contributed by atoms with van der Waals surface area (Å²) >= 11 is 10.9. The summed E-state index contributed by atoms with van der Waals surface area (Å²) in [6.07, 6.45) is 3.15. The number of halogens is 2. The van der Waals surface area contributed by atoms with Gasteiger partial charge in [-0.15, -0.1) is 11.3 Å². The minimum atomic E-state index is -0.105. The molecule has 1 aromatic heterocycles. The molecule has 2 rings (SSSR count). The van der Waals surface area contributed by atoms with Gasteiger partial charge in [0.15, 0.2) is 0 Å². The first kappa shape index (κ1) is 12.8. The normalized spacial score (nSPS) is 25.2. The van der Waals surface area contributed by atoms with Crippen LogP contribution in [0.25, 0.3) is 0 Å². The third-order valence-electron chi connectivity index (χ3n) is 3.02. The van der Waals surface area contributed by atoms with Crippen LogP contribution < -0.4 is 5.32 Å². The van der Waals surface area contributed by atoms with E-state index in [9.17, 15) is 5.11 Å². The molecule has 0 aromatic carbocycles. The van der Waals surface area contributed by atoms with Gasteiger partial charge < -0.3 is 10.4 Å². The Balaban J connectivity index is 1.75. The Morgan fingerprint density at radius 3 is 2.94 bits per heavy atom. The maximum atomic E-state index is 9.67. The van der Waals surface area contributed by atoms with Crippen molar-refractivity contribution in [3.8, 4) is 0 Å². The van der Waals surface area contributed by atoms with E-state index in [1.165, 1.54) is 4.88 Å². The summed E-state index contributed by atoms with van der Waals surface area (Å²) in [5.41, 5.74) is 0. The molecule has 90 valence electrons. The molecule has 1 saturated carbocycles. The molecule has 2 nitrogen and oxygen atoms in total. The van der Waals surface area contributed by atoms with Gasteiger partial charge in [-0.2, -0.15) is 0 Å². The average Bonchev–Trinajstić information content (AvgIpc) is 2.76. The van der Waals surface area contributed by atoms with E-state index in [0.29, 0.717) is 5.92 Å². The Kier molecular flexibility index (Phi) is 4.67. The van der Waals surface area contributed by atoms with Gasteiger partial charge in [-0.3, -0.25) is 0 Å². The van der Waals surface area contributed by atoms with Gasteiger partial charge >= 0.3 is 0 Å². The van der Waals surface area contributed by atoms with E-state index >= 15 is 0 Å². The summed E-state index contributed by atoms with van der Waals surface area (Å²) < 4.78 is 1.77. The highest BCUT2D eigenvalue weighted by Crippen LogP contribution is 2.32. The molecule has 16 heavy (non-hydrogen) atoms. The molecular formula is C11H15BrClNOS. The summed E-state index contributed by atoms with van der Waals surface area (Å²) in [5.74, 6) is 0.430. The third kappa shape index (κ3) is 3.20. The first-order valence-corrected chi connectivity index (χ1v) is 7.48. The zero-order valence-electron chi connectivity index (χ0n) is 8.88. The SMILES string of the molecule is OC1CCCC1CNCc1cc(Br)c(Cl)s1. The minimum Gasteiger partial charge on any atom is -0.393 e. The van der Waals surface area contributed by atoms with Crippen molar-refractivity contribution in [2.24, 2.45) is 5.92 Å². The lowest BCUT2D eigenvalue weighted by Crippen LogP contribution is -2.27. The van der Waals surface area contributed by atoms with Crippen molar-refractivity contribution in [2.45, 2.75) is 31.9 Å². The number of thiophene rings is 1. The van der Waals surface area contributed by atoms with Crippen molar-refractivity contribution in [1.82, 2.24) is 5.32 Å². The first-order valence-electron chi connectivity index (χ1n) is 5.49. The monoisotopic (exact) mass is 323 g/mol. The summed E-state index contributed by atoms with van der Waals surface area (Å²) in [6, 6.07) is 2.05. The third-order valence-corrected chi connectivity index (χ3v) is 5.50. The number of hydrogen-bond donors (Lipinski definition) is 2. The van der Waals surface area contributed by atoms with Crippen LogP contribution in [0.15, 0.2) is 10.5 Å². The maximum absolute atomic E-state index is 9.67. The topological polar surface area (TPSA) is 32.3 Å². The molecule has 0 aliphatic heterocycles. The van der Waals surface area contributed by atoms with E-state index in [2.05, 4.69) is 21.2 Å². The number of rotatable bonds is 4. The van der Waals surface area contributed by atoms with Crippen LogP contribution in [-0.2, 0) is 6.54 Å². The lowest BCUT2D eigenvalue weighted by Gasteiger charge is -2.14. The second-order valence-corrected chi connectivity index (χ2v) is 6.82. The largest absolute Gasteiger partial charge is 0.393 e. The van der Waals surface area contributed by atoms with Crippen LogP contribution in [0.2, 0.25) is 4.34 Å². The van der Waals surface area contributed by atoms with E-state index < -0.39 is 0 Å². The van der Waals surface area contributed by atoms with Gasteiger partial charge in [0.05, 0.1) is 6.10 Å². The van der Waals surface area contributed by atoms with Crippen molar-refractivity contribution in [3.05, 3.63) is 19.8 Å². The number of aliphatic hydroxyl groups is 1. The molecule has 1 aromatic rings. The minimum absolute atomic E-state index is 0.105. The molecule has 1 heterocycles. The smallest absolute Gasteiger partial charge is 0.107 e. The summed E-state index contributed by atoms with van der Waals surface area (Å²) in [5, 5.41) is 13.1. The summed E-state index contributed by atoms with van der Waals surface area (Å²) in [6.45, 7) is 1.73. The molecule has 0 radical (unpaired) electrons. The van der Waals surface area contributed by atoms with Crippen LogP contribution in [0.1, 0.15) is 24.1 Å². The lowest BCUT2D eigenvalue weighted by atomic mass is 10.1. The van der Waals surface area contributed by atoms with Crippen molar-refractivity contribution >= 4 is 38.9 Å². The Hall–Kier alpha value is 0.390. The highest BCUT2D eigenvalue weighted by Gasteiger charge is 2.24. The van der Waals surface area contributed by atoms with Crippen LogP contribution in [0.4, 0.5) is 0 Å². The van der Waals surface area contributed by atoms with E-state index in [0.717, 1.165) is 41.2 Å². The second kappa shape index (κ2) is 5.83. The lowest BCUT2D eigenvalue weighted by molar-refractivity contribution is 0.131. The second-order valence-electron chi connectivity index (χ2n) is 4.22. The molecule has 1 aliphatic rings. The predicted molar refractivity (Wildman–Crippen MR) is 72.1 cm³/mol. The first-order chi connectivity index (χ1) is 7.66. The van der Waals surface area contributed by atoms with Crippen LogP contribution >= 0.6 is 38.9 Å². The fourth-order valence-corrected chi connectivity index (χ4v) is 3.87. The Bertz CT molecular complexity index is 338. The molecule has 1 aliphatic carbocycles. The van der Waals surface area contributed by atoms with Crippen molar-refractivity contribution in [3.63, 3.8) is 0 Å². The number of nitrogens with one attached hydrogen (secondary N) is 1. The molecule has 0 saturated heterocycles. The molecule has 2 N–H and O–H groups in total. The molecule has 0 spiro atoms. The molecule has 2 unspecified atom stereocenters. The Labute approximate surface area is 113 Å². The Morgan fingerprint density at radius 2 is 2.38 bits per heavy atom. The van der Waals surface area contributed by atoms with Crippen molar-refractivity contribution < 1.29 is 5.11 Å². The molecule has 2 atom stereocenters. The number of hydrogen-bond acceptors (Lipinski definition) is 3. The number of aliphatic hydroxyl groups excluding tert-OH is 1. The summed E-state index contributed by atoms with van der Waals surface area (Å²) in [7, 11) is 0. The van der Waals surface area contributed by atoms with Gasteiger partial charge in [0.2, 0.25) is 0 Å². The molecule has 5 heteroatoms. The molecular weight excluding hydrogens is 310 g/mol. The van der Waals surface area contributed by atoms with Gasteiger partial charge in [0, 0.05) is 22.4 Å². The summed E-state index contributed by atoms with van der Waals surface area (Å²) in [4.78, 5) is 1.23. The van der Waals surface area contributed by atoms with Gasteiger partial charge in [0.1, 0.15) is 4.34 Å². The maximum Gasteiger partial charge on any atom is 0.107 e. The van der Waals surface area contributed by atoms with Crippen molar-refractivity contribution in [1.29, 1.82) is 0 Å². The van der Waals surface area contributed by atoms with E-state index in [1.807, 2.05) is 6.07 Å². The zero-order chi connectivity index (χ0) is 11.5. The Morgan fingerprint density at radius 1 is 1.56 bits per heavy atom. The highest BCUT2D eigenvalue weighted by molar-refractivity contribution is 9.10. The zero-order valence-corrected chi connectivity index (χ0v) is 12.0. The molecule has 0 bridgehead atoms. The van der Waals surface area contributed by atoms with Crippen LogP contribution in [0.5, 0.6) is 0 Å². The highest BCUT2D eigenvalue weighted by atomic mass is 79.9. The van der Waals surface area contributed by atoms with Crippen LogP contribution in [-0.4, -0.2) is 17.8 Å². The fraction of sp³-hybridized carbons (Fsp3) is 0.636. The van der Waals surface area contributed by atoms with E-state index in [-0.39, 0.29) is 6.10 Å². The predicted octanol–water partition coefficient (Wildman–Crippen LogP) is 3.41. The standard InChI is InChI=1S/C11H15BrClNOS/c12-9-4-8(16-11(9)13)6-14-5-7-2-1-3-10(7)15/h4,7,10,14-15H,1-3,5-6H2. The van der Waals surface area contributed by atoms with Crippen LogP contribution in [0, 0.1) is 5.92 Å². The van der Waals surface area contributed by atoms with Gasteiger partial charge in [-0.05, 0) is 40.8 Å². The van der Waals surface area contributed by atoms with Crippen molar-refractivity contribution in [2.75, 3.05) is 6.54 Å². The van der Waals surface area contributed by atoms with E-state index in [4.69, 9.17) is 11.6 Å². The average molecular weight is 325 g/mol. The van der Waals surface area contributed by atoms with Gasteiger partial charge in [0.25, 0.3) is 0 Å². The molecule has 0 amide bonds. The fourth-order valence-electron chi connectivity index (χ4n) is 2.11. The van der Waals surface area contributed by atoms with E-state index in [1.54, 1.807) is 11.3 Å². The van der Waals surface area contributed by atoms with Gasteiger partial charge in [-0.25, -0.2) is 0 Å². The van der Waals surface area contributed by atoms with Gasteiger partial charge in [-0.1, -0.05) is 18.0 Å². The molecule has 1 fully saturated rings.